The zero-order valence-corrected chi connectivity index (χ0v) is 14.7. The minimum Gasteiger partial charge on any atom is -0.342 e. The average molecular weight is 366 g/mol. The summed E-state index contributed by atoms with van der Waals surface area (Å²) in [6.07, 6.45) is 6.76. The molecule has 142 valence electrons. The predicted octanol–water partition coefficient (Wildman–Crippen LogP) is 2.53. The largest absolute Gasteiger partial charge is 0.342 e. The molecule has 1 aromatic heterocycles. The summed E-state index contributed by atoms with van der Waals surface area (Å²) in [6, 6.07) is 1.34. The number of likely N-dealkylation sites (tertiary alicyclic amines) is 2. The van der Waals surface area contributed by atoms with Crippen molar-refractivity contribution in [3.8, 4) is 0 Å². The molecular weight excluding hydrogens is 342 g/mol. The average Bonchev–Trinajstić information content (AvgIpc) is 3.30. The summed E-state index contributed by atoms with van der Waals surface area (Å²) in [6.45, 7) is 0.120. The van der Waals surface area contributed by atoms with Crippen molar-refractivity contribution in [2.45, 2.75) is 45.1 Å². The van der Waals surface area contributed by atoms with Crippen LogP contribution in [0.5, 0.6) is 0 Å². The van der Waals surface area contributed by atoms with E-state index in [1.54, 1.807) is 4.90 Å². The number of amides is 2. The Morgan fingerprint density at radius 3 is 2.62 bits per heavy atom. The van der Waals surface area contributed by atoms with Crippen LogP contribution in [0.4, 0.5) is 8.78 Å². The molecule has 3 heterocycles. The number of hydrogen-bond acceptors (Lipinski definition) is 3. The Hall–Kier alpha value is -1.99. The highest BCUT2D eigenvalue weighted by atomic mass is 19.3. The van der Waals surface area contributed by atoms with Crippen molar-refractivity contribution < 1.29 is 18.4 Å². The second-order valence-electron chi connectivity index (χ2n) is 7.97. The van der Waals surface area contributed by atoms with Gasteiger partial charge in [-0.05, 0) is 49.5 Å². The van der Waals surface area contributed by atoms with E-state index >= 15 is 0 Å². The van der Waals surface area contributed by atoms with Crippen LogP contribution in [0.1, 0.15) is 55.6 Å². The van der Waals surface area contributed by atoms with Gasteiger partial charge in [-0.2, -0.15) is 13.9 Å². The lowest BCUT2D eigenvalue weighted by atomic mass is 9.72. The van der Waals surface area contributed by atoms with Gasteiger partial charge in [-0.1, -0.05) is 0 Å². The smallest absolute Gasteiger partial charge is 0.333 e. The van der Waals surface area contributed by atoms with E-state index in [1.807, 2.05) is 4.90 Å². The Balaban J connectivity index is 1.36. The number of nitrogens with zero attached hydrogens (tertiary/aromatic N) is 4. The van der Waals surface area contributed by atoms with E-state index in [4.69, 9.17) is 0 Å². The SMILES string of the molecule is O=C1CCC2(CCN(C(=O)c3ccn(C(F)F)n3)CC2)CN1CC1CC1. The zero-order valence-electron chi connectivity index (χ0n) is 14.7. The number of carbonyl (C=O) groups is 2. The first-order chi connectivity index (χ1) is 12.5. The van der Waals surface area contributed by atoms with Crippen molar-refractivity contribution in [3.05, 3.63) is 18.0 Å². The third kappa shape index (κ3) is 3.46. The Morgan fingerprint density at radius 2 is 2.00 bits per heavy atom. The number of alkyl halides is 2. The minimum atomic E-state index is -2.74. The molecule has 2 amide bonds. The third-order valence-electron chi connectivity index (χ3n) is 6.06. The van der Waals surface area contributed by atoms with Crippen molar-refractivity contribution >= 4 is 11.8 Å². The fourth-order valence-electron chi connectivity index (χ4n) is 4.20. The van der Waals surface area contributed by atoms with Gasteiger partial charge in [-0.3, -0.25) is 9.59 Å². The van der Waals surface area contributed by atoms with E-state index in [0.29, 0.717) is 30.1 Å². The summed E-state index contributed by atoms with van der Waals surface area (Å²) < 4.78 is 25.8. The van der Waals surface area contributed by atoms with Crippen molar-refractivity contribution in [2.75, 3.05) is 26.2 Å². The standard InChI is InChI=1S/C18H24F2N4O2/c19-17(20)24-8-4-14(21-24)16(26)22-9-6-18(7-10-22)5-3-15(25)23(12-18)11-13-1-2-13/h4,8,13,17H,1-3,5-7,9-12H2. The van der Waals surface area contributed by atoms with Gasteiger partial charge in [0.1, 0.15) is 0 Å². The van der Waals surface area contributed by atoms with E-state index in [-0.39, 0.29) is 22.9 Å². The summed E-state index contributed by atoms with van der Waals surface area (Å²) in [5.41, 5.74) is 0.164. The van der Waals surface area contributed by atoms with Crippen LogP contribution in [0.25, 0.3) is 0 Å². The highest BCUT2D eigenvalue weighted by Gasteiger charge is 2.43. The van der Waals surface area contributed by atoms with Crippen LogP contribution in [0, 0.1) is 11.3 Å². The molecule has 1 aromatic rings. The maximum Gasteiger partial charge on any atom is 0.333 e. The van der Waals surface area contributed by atoms with E-state index in [1.165, 1.54) is 18.9 Å². The monoisotopic (exact) mass is 366 g/mol. The molecule has 1 saturated carbocycles. The number of aromatic nitrogens is 2. The topological polar surface area (TPSA) is 58.4 Å². The van der Waals surface area contributed by atoms with E-state index in [2.05, 4.69) is 5.10 Å². The summed E-state index contributed by atoms with van der Waals surface area (Å²) in [5, 5.41) is 3.67. The van der Waals surface area contributed by atoms with Crippen molar-refractivity contribution in [2.24, 2.45) is 11.3 Å². The van der Waals surface area contributed by atoms with Crippen molar-refractivity contribution in [1.82, 2.24) is 19.6 Å². The first kappa shape index (κ1) is 17.4. The van der Waals surface area contributed by atoms with E-state index < -0.39 is 6.55 Å². The molecule has 0 N–H and O–H groups in total. The van der Waals surface area contributed by atoms with Crippen LogP contribution in [0.2, 0.25) is 0 Å². The number of carbonyl (C=O) groups excluding carboxylic acids is 2. The zero-order chi connectivity index (χ0) is 18.3. The molecule has 1 spiro atoms. The van der Waals surface area contributed by atoms with Crippen molar-refractivity contribution in [3.63, 3.8) is 0 Å². The lowest BCUT2D eigenvalue weighted by Gasteiger charge is -2.47. The van der Waals surface area contributed by atoms with Crippen LogP contribution >= 0.6 is 0 Å². The molecule has 0 atom stereocenters. The van der Waals surface area contributed by atoms with Crippen molar-refractivity contribution in [1.29, 1.82) is 0 Å². The molecule has 26 heavy (non-hydrogen) atoms. The Morgan fingerprint density at radius 1 is 1.27 bits per heavy atom. The highest BCUT2D eigenvalue weighted by Crippen LogP contribution is 2.42. The molecule has 0 radical (unpaired) electrons. The Bertz CT molecular complexity index is 693. The van der Waals surface area contributed by atoms with Gasteiger partial charge in [0.05, 0.1) is 0 Å². The van der Waals surface area contributed by atoms with E-state index in [9.17, 15) is 18.4 Å². The highest BCUT2D eigenvalue weighted by molar-refractivity contribution is 5.92. The van der Waals surface area contributed by atoms with Crippen LogP contribution in [-0.4, -0.2) is 57.6 Å². The molecule has 0 bridgehead atoms. The maximum atomic E-state index is 12.6. The maximum absolute atomic E-state index is 12.6. The molecule has 4 rings (SSSR count). The van der Waals surface area contributed by atoms with Crippen LogP contribution in [0.3, 0.4) is 0 Å². The molecular formula is C18H24F2N4O2. The molecule has 2 aliphatic heterocycles. The van der Waals surface area contributed by atoms with Crippen LogP contribution in [0.15, 0.2) is 12.3 Å². The van der Waals surface area contributed by atoms with Crippen LogP contribution < -0.4 is 0 Å². The second-order valence-corrected chi connectivity index (χ2v) is 7.97. The van der Waals surface area contributed by atoms with Gasteiger partial charge in [0, 0.05) is 38.8 Å². The van der Waals surface area contributed by atoms with Gasteiger partial charge in [0.25, 0.3) is 5.91 Å². The molecule has 6 nitrogen and oxygen atoms in total. The normalized spacial score (nSPS) is 23.1. The fraction of sp³-hybridized carbons (Fsp3) is 0.722. The van der Waals surface area contributed by atoms with Crippen LogP contribution in [-0.2, 0) is 4.79 Å². The number of rotatable bonds is 4. The molecule has 1 aliphatic carbocycles. The van der Waals surface area contributed by atoms with Gasteiger partial charge in [0.2, 0.25) is 5.91 Å². The molecule has 8 heteroatoms. The first-order valence-corrected chi connectivity index (χ1v) is 9.36. The Kier molecular flexibility index (Phi) is 4.44. The first-order valence-electron chi connectivity index (χ1n) is 9.36. The predicted molar refractivity (Wildman–Crippen MR) is 89.6 cm³/mol. The lowest BCUT2D eigenvalue weighted by Crippen LogP contribution is -2.52. The molecule has 0 aromatic carbocycles. The molecule has 2 saturated heterocycles. The quantitative estimate of drug-likeness (QED) is 0.823. The molecule has 3 fully saturated rings. The van der Waals surface area contributed by atoms with Gasteiger partial charge in [-0.25, -0.2) is 4.68 Å². The summed E-state index contributed by atoms with van der Waals surface area (Å²) in [7, 11) is 0. The number of halogens is 2. The van der Waals surface area contributed by atoms with Gasteiger partial charge in [0.15, 0.2) is 5.69 Å². The summed E-state index contributed by atoms with van der Waals surface area (Å²) in [5.74, 6) is 0.653. The molecule has 0 unspecified atom stereocenters. The summed E-state index contributed by atoms with van der Waals surface area (Å²) >= 11 is 0. The Labute approximate surface area is 151 Å². The van der Waals surface area contributed by atoms with Gasteiger partial charge >= 0.3 is 6.55 Å². The number of hydrogen-bond donors (Lipinski definition) is 0. The van der Waals surface area contributed by atoms with E-state index in [0.717, 1.165) is 38.5 Å². The van der Waals surface area contributed by atoms with Gasteiger partial charge < -0.3 is 9.80 Å². The van der Waals surface area contributed by atoms with Gasteiger partial charge in [-0.15, -0.1) is 0 Å². The molecule has 3 aliphatic rings. The minimum absolute atomic E-state index is 0.0652. The number of piperidine rings is 2. The lowest BCUT2D eigenvalue weighted by molar-refractivity contribution is -0.139. The second kappa shape index (κ2) is 6.63. The fourth-order valence-corrected chi connectivity index (χ4v) is 4.20. The summed E-state index contributed by atoms with van der Waals surface area (Å²) in [4.78, 5) is 28.4. The third-order valence-corrected chi connectivity index (χ3v) is 6.06.